The molecule has 3 heterocycles. The molecule has 154 valence electrons. The third-order valence-electron chi connectivity index (χ3n) is 6.34. The molecule has 3 aromatic rings. The zero-order valence-corrected chi connectivity index (χ0v) is 17.8. The van der Waals surface area contributed by atoms with E-state index in [1.165, 1.54) is 12.7 Å². The van der Waals surface area contributed by atoms with Crippen LogP contribution in [0.25, 0.3) is 10.9 Å². The maximum atomic E-state index is 13.3. The molecule has 0 saturated carbocycles. The summed E-state index contributed by atoms with van der Waals surface area (Å²) in [7, 11) is 1.34. The van der Waals surface area contributed by atoms with Crippen molar-refractivity contribution in [2.75, 3.05) is 7.11 Å². The van der Waals surface area contributed by atoms with Gasteiger partial charge < -0.3 is 9.72 Å². The van der Waals surface area contributed by atoms with Crippen molar-refractivity contribution in [3.8, 4) is 0 Å². The number of esters is 1. The van der Waals surface area contributed by atoms with Crippen molar-refractivity contribution in [3.05, 3.63) is 69.3 Å². The molecule has 0 spiro atoms. The van der Waals surface area contributed by atoms with Crippen molar-refractivity contribution in [1.29, 1.82) is 0 Å². The molecule has 2 aliphatic heterocycles. The fourth-order valence-electron chi connectivity index (χ4n) is 4.93. The molecule has 5 rings (SSSR count). The third-order valence-corrected chi connectivity index (χ3v) is 7.08. The molecule has 1 aromatic heterocycles. The molecule has 1 N–H and O–H groups in total. The predicted molar refractivity (Wildman–Crippen MR) is 116 cm³/mol. The molecular formula is C23H20Cl2N2O3. The number of benzene rings is 2. The summed E-state index contributed by atoms with van der Waals surface area (Å²) in [4.78, 5) is 31.4. The van der Waals surface area contributed by atoms with Gasteiger partial charge in [0.05, 0.1) is 29.2 Å². The highest BCUT2D eigenvalue weighted by molar-refractivity contribution is 6.42. The summed E-state index contributed by atoms with van der Waals surface area (Å²) >= 11 is 12.3. The van der Waals surface area contributed by atoms with Crippen molar-refractivity contribution < 1.29 is 14.3 Å². The Morgan fingerprint density at radius 3 is 2.73 bits per heavy atom. The Balaban J connectivity index is 1.60. The van der Waals surface area contributed by atoms with Crippen LogP contribution in [0.15, 0.2) is 42.5 Å². The number of aromatic nitrogens is 1. The number of carbonyl (C=O) groups is 2. The average Bonchev–Trinajstić information content (AvgIpc) is 3.11. The van der Waals surface area contributed by atoms with Crippen LogP contribution in [0.2, 0.25) is 10.0 Å². The third kappa shape index (κ3) is 3.04. The number of ketones is 1. The number of hydrogen-bond acceptors (Lipinski definition) is 4. The number of ether oxygens (including phenoxy) is 1. The molecule has 1 saturated heterocycles. The van der Waals surface area contributed by atoms with Crippen molar-refractivity contribution in [2.45, 2.75) is 31.5 Å². The minimum atomic E-state index is -0.741. The summed E-state index contributed by atoms with van der Waals surface area (Å²) < 4.78 is 4.93. The molecule has 0 aliphatic carbocycles. The lowest BCUT2D eigenvalue weighted by Crippen LogP contribution is -2.56. The van der Waals surface area contributed by atoms with Gasteiger partial charge in [0.1, 0.15) is 5.92 Å². The number of piperidine rings is 1. The molecule has 0 radical (unpaired) electrons. The first-order valence-corrected chi connectivity index (χ1v) is 10.6. The van der Waals surface area contributed by atoms with Crippen LogP contribution in [0, 0.1) is 5.92 Å². The van der Waals surface area contributed by atoms with E-state index in [0.29, 0.717) is 29.4 Å². The highest BCUT2D eigenvalue weighted by atomic mass is 35.5. The molecular weight excluding hydrogens is 423 g/mol. The lowest BCUT2D eigenvalue weighted by atomic mass is 9.76. The fraction of sp³-hybridized carbons (Fsp3) is 0.304. The molecule has 2 aromatic carbocycles. The standard InChI is InChI=1S/C23H20Cl2N2O3/c1-30-23(29)15-10-19-21-14(13-4-2-3-5-18(13)26-21)9-20(22(15)28)27(19)11-12-6-7-16(24)17(25)8-12/h2-8,15,19-20,26H,9-11H2,1H3. The Morgan fingerprint density at radius 2 is 1.97 bits per heavy atom. The number of hydrogen-bond donors (Lipinski definition) is 1. The van der Waals surface area contributed by atoms with Gasteiger partial charge in [-0.15, -0.1) is 0 Å². The molecule has 1 fully saturated rings. The maximum absolute atomic E-state index is 13.3. The van der Waals surface area contributed by atoms with E-state index >= 15 is 0 Å². The van der Waals surface area contributed by atoms with Crippen molar-refractivity contribution >= 4 is 45.9 Å². The number of aromatic amines is 1. The fourth-order valence-corrected chi connectivity index (χ4v) is 5.25. The number of carbonyl (C=O) groups excluding carboxylic acids is 2. The van der Waals surface area contributed by atoms with Gasteiger partial charge in [-0.2, -0.15) is 0 Å². The Labute approximate surface area is 183 Å². The monoisotopic (exact) mass is 442 g/mol. The van der Waals surface area contributed by atoms with E-state index in [-0.39, 0.29) is 11.8 Å². The van der Waals surface area contributed by atoms with Gasteiger partial charge in [-0.1, -0.05) is 47.5 Å². The van der Waals surface area contributed by atoms with Gasteiger partial charge in [-0.3, -0.25) is 14.5 Å². The minimum Gasteiger partial charge on any atom is -0.468 e. The summed E-state index contributed by atoms with van der Waals surface area (Å²) in [6, 6.07) is 13.2. The Bertz CT molecular complexity index is 1170. The first kappa shape index (κ1) is 19.6. The number of Topliss-reactive ketones (excluding diaryl/α,β-unsaturated/α-hetero) is 1. The molecule has 2 bridgehead atoms. The van der Waals surface area contributed by atoms with Crippen LogP contribution in [0.4, 0.5) is 0 Å². The smallest absolute Gasteiger partial charge is 0.316 e. The van der Waals surface area contributed by atoms with Gasteiger partial charge >= 0.3 is 5.97 Å². The molecule has 0 amide bonds. The maximum Gasteiger partial charge on any atom is 0.316 e. The molecule has 7 heteroatoms. The van der Waals surface area contributed by atoms with E-state index in [2.05, 4.69) is 16.0 Å². The first-order chi connectivity index (χ1) is 14.5. The van der Waals surface area contributed by atoms with Crippen LogP contribution >= 0.6 is 23.2 Å². The zero-order valence-electron chi connectivity index (χ0n) is 16.3. The van der Waals surface area contributed by atoms with Crippen LogP contribution in [0.3, 0.4) is 0 Å². The van der Waals surface area contributed by atoms with Gasteiger partial charge in [0.2, 0.25) is 0 Å². The van der Waals surface area contributed by atoms with Gasteiger partial charge in [-0.25, -0.2) is 0 Å². The number of rotatable bonds is 3. The van der Waals surface area contributed by atoms with Crippen LogP contribution in [0.1, 0.15) is 29.3 Å². The van der Waals surface area contributed by atoms with Gasteiger partial charge in [0, 0.05) is 23.1 Å². The quantitative estimate of drug-likeness (QED) is 0.471. The van der Waals surface area contributed by atoms with E-state index in [9.17, 15) is 9.59 Å². The summed E-state index contributed by atoms with van der Waals surface area (Å²) in [6.07, 6.45) is 0.951. The minimum absolute atomic E-state index is 0.0749. The number of nitrogens with one attached hydrogen (secondary N) is 1. The molecule has 3 unspecified atom stereocenters. The van der Waals surface area contributed by atoms with Crippen LogP contribution in [-0.2, 0) is 27.3 Å². The number of fused-ring (bicyclic) bond motifs is 6. The number of methoxy groups -OCH3 is 1. The van der Waals surface area contributed by atoms with E-state index < -0.39 is 17.9 Å². The van der Waals surface area contributed by atoms with Gasteiger partial charge in [0.25, 0.3) is 0 Å². The second-order valence-electron chi connectivity index (χ2n) is 7.93. The molecule has 3 atom stereocenters. The average molecular weight is 443 g/mol. The number of para-hydroxylation sites is 1. The van der Waals surface area contributed by atoms with Crippen LogP contribution in [0.5, 0.6) is 0 Å². The Morgan fingerprint density at radius 1 is 1.17 bits per heavy atom. The van der Waals surface area contributed by atoms with Gasteiger partial charge in [0.15, 0.2) is 5.78 Å². The first-order valence-electron chi connectivity index (χ1n) is 9.88. The molecule has 2 aliphatic rings. The Kier molecular flexibility index (Phi) is 4.85. The summed E-state index contributed by atoms with van der Waals surface area (Å²) in [5, 5.41) is 2.13. The second-order valence-corrected chi connectivity index (χ2v) is 8.75. The van der Waals surface area contributed by atoms with Gasteiger partial charge in [-0.05, 0) is 42.2 Å². The number of halogens is 2. The topological polar surface area (TPSA) is 62.4 Å². The Hall–Kier alpha value is -2.34. The predicted octanol–water partition coefficient (Wildman–Crippen LogP) is 4.70. The zero-order chi connectivity index (χ0) is 21.0. The van der Waals surface area contributed by atoms with Crippen molar-refractivity contribution in [2.24, 2.45) is 5.92 Å². The van der Waals surface area contributed by atoms with E-state index in [1.54, 1.807) is 6.07 Å². The number of nitrogens with zero attached hydrogens (tertiary/aromatic N) is 1. The largest absolute Gasteiger partial charge is 0.468 e. The van der Waals surface area contributed by atoms with E-state index in [4.69, 9.17) is 27.9 Å². The summed E-state index contributed by atoms with van der Waals surface area (Å²) in [5.74, 6) is -1.27. The normalized spacial score (nSPS) is 23.4. The van der Waals surface area contributed by atoms with Crippen LogP contribution in [-0.4, -0.2) is 34.8 Å². The summed E-state index contributed by atoms with van der Waals surface area (Å²) in [5.41, 5.74) is 4.27. The molecule has 5 nitrogen and oxygen atoms in total. The molecule has 30 heavy (non-hydrogen) atoms. The van der Waals surface area contributed by atoms with E-state index in [1.807, 2.05) is 30.3 Å². The summed E-state index contributed by atoms with van der Waals surface area (Å²) in [6.45, 7) is 0.542. The SMILES string of the molecule is COC(=O)C1CC2c3[nH]c4ccccc4c3CC(C1=O)N2Cc1ccc(Cl)c(Cl)c1. The van der Waals surface area contributed by atoms with Crippen LogP contribution < -0.4 is 0 Å². The number of H-pyrrole nitrogens is 1. The lowest BCUT2D eigenvalue weighted by Gasteiger charge is -2.46. The second kappa shape index (κ2) is 7.41. The lowest BCUT2D eigenvalue weighted by molar-refractivity contribution is -0.156. The highest BCUT2D eigenvalue weighted by Crippen LogP contribution is 2.45. The van der Waals surface area contributed by atoms with Crippen molar-refractivity contribution in [1.82, 2.24) is 9.88 Å². The highest BCUT2D eigenvalue weighted by Gasteiger charge is 2.50. The van der Waals surface area contributed by atoms with E-state index in [0.717, 1.165) is 22.2 Å². The van der Waals surface area contributed by atoms with Crippen molar-refractivity contribution in [3.63, 3.8) is 0 Å².